The molecule has 7 heteroatoms. The summed E-state index contributed by atoms with van der Waals surface area (Å²) in [7, 11) is -2.08. The van der Waals surface area contributed by atoms with E-state index >= 15 is 0 Å². The fourth-order valence-electron chi connectivity index (χ4n) is 0. The molecule has 0 saturated heterocycles. The molecule has 0 aromatic heterocycles. The predicted octanol–water partition coefficient (Wildman–Crippen LogP) is -0.338. The van der Waals surface area contributed by atoms with Crippen LogP contribution in [-0.2, 0) is 16.4 Å². The first-order valence-electron chi connectivity index (χ1n) is 0.987. The van der Waals surface area contributed by atoms with Gasteiger partial charge < -0.3 is 14.7 Å². The normalized spacial score (nSPS) is 9.00. The molecule has 0 aromatic rings. The number of hydrogen-bond donors (Lipinski definition) is 3. The molecule has 0 saturated carbocycles. The van der Waals surface area contributed by atoms with E-state index in [1.54, 1.807) is 0 Å². The molecule has 3 N–H and O–H groups in total. The van der Waals surface area contributed by atoms with Crippen molar-refractivity contribution in [3.8, 4) is 0 Å². The molecule has 0 bridgehead atoms. The van der Waals surface area contributed by atoms with Crippen LogP contribution in [0.3, 0.4) is 0 Å². The van der Waals surface area contributed by atoms with Crippen molar-refractivity contribution >= 4 is 27.6 Å². The highest BCUT2D eigenvalue weighted by atomic mass is 32.4. The highest BCUT2D eigenvalue weighted by molar-refractivity contribution is 7.88. The van der Waals surface area contributed by atoms with E-state index in [-0.39, 0.29) is 0 Å². The first-order chi connectivity index (χ1) is 3.00. The summed E-state index contributed by atoms with van der Waals surface area (Å²) in [5.74, 6) is 0. The third kappa shape index (κ3) is 358. The summed E-state index contributed by atoms with van der Waals surface area (Å²) in [5.41, 5.74) is 0. The van der Waals surface area contributed by atoms with Crippen LogP contribution in [0.4, 0.5) is 0 Å². The van der Waals surface area contributed by atoms with Gasteiger partial charge in [0.05, 0.1) is 0 Å². The lowest BCUT2D eigenvalue weighted by molar-refractivity contribution is 0.275. The van der Waals surface area contributed by atoms with Gasteiger partial charge in [0.15, 0.2) is 0 Å². The van der Waals surface area contributed by atoms with Crippen molar-refractivity contribution < 1.29 is 19.2 Å². The van der Waals surface area contributed by atoms with Crippen LogP contribution in [0, 0.1) is 0 Å². The van der Waals surface area contributed by atoms with Gasteiger partial charge in [-0.15, -0.1) is 0 Å². The number of rotatable bonds is 0. The number of hydrogen-bond acceptors (Lipinski definition) is 2. The highest BCUT2D eigenvalue weighted by Crippen LogP contribution is 2.25. The summed E-state index contributed by atoms with van der Waals surface area (Å²) in [4.78, 5) is 21.6. The lowest BCUT2D eigenvalue weighted by Gasteiger charge is -1.82. The molecule has 0 spiro atoms. The van der Waals surface area contributed by atoms with Crippen molar-refractivity contribution in [1.29, 1.82) is 0 Å². The maximum absolute atomic E-state index is 8.88. The zero-order valence-electron chi connectivity index (χ0n) is 3.11. The molecule has 4 nitrogen and oxygen atoms in total. The Morgan fingerprint density at radius 3 is 1.29 bits per heavy atom. The minimum absolute atomic E-state index is 2.56. The van der Waals surface area contributed by atoms with E-state index in [1.807, 2.05) is 0 Å². The SMILES string of the molecule is O=P(O)(O)O.P=S. The zero-order chi connectivity index (χ0) is 6.50. The third-order valence-corrected chi connectivity index (χ3v) is 0. The Labute approximate surface area is 47.7 Å². The summed E-state index contributed by atoms with van der Waals surface area (Å²) in [5, 5.41) is 0. The Morgan fingerprint density at radius 2 is 1.29 bits per heavy atom. The van der Waals surface area contributed by atoms with E-state index in [0.29, 0.717) is 0 Å². The molecule has 0 radical (unpaired) electrons. The van der Waals surface area contributed by atoms with E-state index < -0.39 is 7.82 Å². The maximum Gasteiger partial charge on any atom is 0.466 e. The standard InChI is InChI=1S/H3O4P.HPS/c1-5(2,3)4;1-2/h(H3,1,2,3,4);1H. The van der Waals surface area contributed by atoms with Gasteiger partial charge in [0, 0.05) is 0 Å². The fraction of sp³-hybridized carbons (Fsp3) is 0. The first-order valence-corrected chi connectivity index (χ1v) is 4.18. The minimum Gasteiger partial charge on any atom is -0.303 e. The predicted molar refractivity (Wildman–Crippen MR) is 29.9 cm³/mol. The maximum atomic E-state index is 8.88. The molecule has 0 heterocycles. The molecule has 0 aromatic carbocycles. The summed E-state index contributed by atoms with van der Waals surface area (Å²) < 4.78 is 8.88. The van der Waals surface area contributed by atoms with Gasteiger partial charge in [-0.3, -0.25) is 0 Å². The zero-order valence-corrected chi connectivity index (χ0v) is 5.82. The molecule has 0 aliphatic carbocycles. The molecule has 0 atom stereocenters. The van der Waals surface area contributed by atoms with Crippen molar-refractivity contribution in [3.05, 3.63) is 0 Å². The monoisotopic (exact) mass is 162 g/mol. The van der Waals surface area contributed by atoms with Crippen molar-refractivity contribution in [1.82, 2.24) is 0 Å². The second-order valence-electron chi connectivity index (χ2n) is 0.513. The lowest BCUT2D eigenvalue weighted by Crippen LogP contribution is -1.66. The Balaban J connectivity index is 0. The summed E-state index contributed by atoms with van der Waals surface area (Å²) >= 11 is 3.89. The van der Waals surface area contributed by atoms with Crippen LogP contribution >= 0.6 is 15.8 Å². The van der Waals surface area contributed by atoms with Gasteiger partial charge in [0.2, 0.25) is 0 Å². The van der Waals surface area contributed by atoms with Crippen LogP contribution < -0.4 is 0 Å². The van der Waals surface area contributed by atoms with Gasteiger partial charge in [0.1, 0.15) is 0 Å². The number of phosphoric acid groups is 1. The Kier molecular flexibility index (Phi) is 7.23. The molecule has 0 aliphatic rings. The molecule has 44 valence electrons. The van der Waals surface area contributed by atoms with Gasteiger partial charge >= 0.3 is 7.82 Å². The van der Waals surface area contributed by atoms with Crippen LogP contribution in [0.25, 0.3) is 0 Å². The summed E-state index contributed by atoms with van der Waals surface area (Å²) in [6, 6.07) is 0. The first kappa shape index (κ1) is 10.6. The summed E-state index contributed by atoms with van der Waals surface area (Å²) in [6.07, 6.45) is 0. The Bertz CT molecular complexity index is 65.5. The van der Waals surface area contributed by atoms with Crippen LogP contribution in [0.1, 0.15) is 0 Å². The summed E-state index contributed by atoms with van der Waals surface area (Å²) in [6.45, 7) is 0. The van der Waals surface area contributed by atoms with Gasteiger partial charge in [-0.1, -0.05) is 11.8 Å². The van der Waals surface area contributed by atoms with E-state index in [2.05, 4.69) is 19.8 Å². The molecular formula is H4O4P2S. The smallest absolute Gasteiger partial charge is 0.303 e. The average Bonchev–Trinajstić information content (AvgIpc) is 1.36. The van der Waals surface area contributed by atoms with Crippen LogP contribution in [0.2, 0.25) is 0 Å². The molecule has 7 heavy (non-hydrogen) atoms. The largest absolute Gasteiger partial charge is 0.466 e. The van der Waals surface area contributed by atoms with Crippen molar-refractivity contribution in [3.63, 3.8) is 0 Å². The van der Waals surface area contributed by atoms with E-state index in [1.165, 1.54) is 0 Å². The third-order valence-electron chi connectivity index (χ3n) is 0. The van der Waals surface area contributed by atoms with E-state index in [9.17, 15) is 0 Å². The Morgan fingerprint density at radius 1 is 1.29 bits per heavy atom. The minimum atomic E-state index is -4.64. The van der Waals surface area contributed by atoms with Crippen molar-refractivity contribution in [2.45, 2.75) is 0 Å². The molecule has 0 aliphatic heterocycles. The van der Waals surface area contributed by atoms with Gasteiger partial charge in [-0.25, -0.2) is 4.57 Å². The van der Waals surface area contributed by atoms with Gasteiger partial charge in [-0.05, 0) is 8.02 Å². The molecule has 0 amide bonds. The van der Waals surface area contributed by atoms with Crippen molar-refractivity contribution in [2.75, 3.05) is 0 Å². The molecular weight excluding hydrogens is 158 g/mol. The molecule has 0 rings (SSSR count). The van der Waals surface area contributed by atoms with E-state index in [0.717, 1.165) is 0 Å². The average molecular weight is 162 g/mol. The topological polar surface area (TPSA) is 77.8 Å². The lowest BCUT2D eigenvalue weighted by atomic mass is 15.8. The van der Waals surface area contributed by atoms with Crippen LogP contribution in [0.5, 0.6) is 0 Å². The van der Waals surface area contributed by atoms with E-state index in [4.69, 9.17) is 19.2 Å². The van der Waals surface area contributed by atoms with Gasteiger partial charge in [-0.2, -0.15) is 0 Å². The Hall–Kier alpha value is 0.630. The molecule has 0 fully saturated rings. The fourth-order valence-corrected chi connectivity index (χ4v) is 0. The van der Waals surface area contributed by atoms with Crippen LogP contribution in [-0.4, -0.2) is 14.7 Å². The van der Waals surface area contributed by atoms with Crippen molar-refractivity contribution in [2.24, 2.45) is 0 Å². The quantitative estimate of drug-likeness (QED) is 0.425. The molecule has 0 unspecified atom stereocenters. The second-order valence-corrected chi connectivity index (χ2v) is 1.54. The van der Waals surface area contributed by atoms with Crippen LogP contribution in [0.15, 0.2) is 0 Å². The highest BCUT2D eigenvalue weighted by Gasteiger charge is 2.00. The van der Waals surface area contributed by atoms with Gasteiger partial charge in [0.25, 0.3) is 0 Å². The second kappa shape index (κ2) is 4.78.